The van der Waals surface area contributed by atoms with Crippen LogP contribution in [0.2, 0.25) is 0 Å². The number of nitrogens with zero attached hydrogens (tertiary/aromatic N) is 5. The molecule has 1 aliphatic rings. The second-order valence-corrected chi connectivity index (χ2v) is 9.28. The van der Waals surface area contributed by atoms with E-state index in [1.54, 1.807) is 24.2 Å². The molecule has 0 radical (unpaired) electrons. The normalized spacial score (nSPS) is 12.3. The molecule has 4 aromatic rings. The van der Waals surface area contributed by atoms with Crippen molar-refractivity contribution >= 4 is 40.8 Å². The summed E-state index contributed by atoms with van der Waals surface area (Å²) < 4.78 is 2.08. The molecule has 32 heavy (non-hydrogen) atoms. The van der Waals surface area contributed by atoms with Crippen molar-refractivity contribution in [2.24, 2.45) is 0 Å². The molecule has 1 aliphatic heterocycles. The highest BCUT2D eigenvalue weighted by molar-refractivity contribution is 8.00. The Kier molecular flexibility index (Phi) is 5.96. The van der Waals surface area contributed by atoms with Gasteiger partial charge in [-0.3, -0.25) is 14.7 Å². The number of benzene rings is 2. The van der Waals surface area contributed by atoms with Gasteiger partial charge in [0.15, 0.2) is 11.0 Å². The van der Waals surface area contributed by atoms with Crippen molar-refractivity contribution in [2.75, 3.05) is 10.7 Å². The van der Waals surface area contributed by atoms with Crippen LogP contribution in [0.3, 0.4) is 0 Å². The van der Waals surface area contributed by atoms with E-state index in [4.69, 9.17) is 0 Å². The monoisotopic (exact) mass is 459 g/mol. The van der Waals surface area contributed by atoms with Crippen molar-refractivity contribution in [3.63, 3.8) is 0 Å². The van der Waals surface area contributed by atoms with E-state index in [0.29, 0.717) is 0 Å². The summed E-state index contributed by atoms with van der Waals surface area (Å²) in [5, 5.41) is 9.55. The summed E-state index contributed by atoms with van der Waals surface area (Å²) >= 11 is 3.13. The first-order chi connectivity index (χ1) is 15.8. The highest BCUT2D eigenvalue weighted by Crippen LogP contribution is 2.48. The molecule has 0 saturated carbocycles. The predicted molar refractivity (Wildman–Crippen MR) is 128 cm³/mol. The quantitative estimate of drug-likeness (QED) is 0.346. The van der Waals surface area contributed by atoms with Gasteiger partial charge in [0.05, 0.1) is 17.1 Å². The van der Waals surface area contributed by atoms with E-state index in [9.17, 15) is 4.79 Å². The van der Waals surface area contributed by atoms with Crippen LogP contribution in [0, 0.1) is 0 Å². The molecule has 0 atom stereocenters. The van der Waals surface area contributed by atoms with Crippen molar-refractivity contribution in [3.05, 3.63) is 73.1 Å². The van der Waals surface area contributed by atoms with Gasteiger partial charge in [-0.1, -0.05) is 54.7 Å². The zero-order valence-electron chi connectivity index (χ0n) is 17.5. The molecule has 1 amide bonds. The Balaban J connectivity index is 1.42. The third kappa shape index (κ3) is 3.91. The second kappa shape index (κ2) is 9.18. The van der Waals surface area contributed by atoms with E-state index in [2.05, 4.69) is 38.8 Å². The molecule has 160 valence electrons. The first-order valence-electron chi connectivity index (χ1n) is 10.4. The summed E-state index contributed by atoms with van der Waals surface area (Å²) in [6.07, 6.45) is 4.45. The van der Waals surface area contributed by atoms with Crippen molar-refractivity contribution in [3.8, 4) is 11.4 Å². The Morgan fingerprint density at radius 1 is 0.938 bits per heavy atom. The highest BCUT2D eigenvalue weighted by Gasteiger charge is 2.28. The van der Waals surface area contributed by atoms with Gasteiger partial charge < -0.3 is 4.57 Å². The Morgan fingerprint density at radius 2 is 1.59 bits per heavy atom. The molecular weight excluding hydrogens is 438 g/mol. The molecule has 8 heteroatoms. The average molecular weight is 460 g/mol. The maximum atomic E-state index is 13.5. The Hall–Kier alpha value is -3.10. The Morgan fingerprint density at radius 3 is 2.25 bits per heavy atom. The number of pyridine rings is 1. The Bertz CT molecular complexity index is 1210. The zero-order chi connectivity index (χ0) is 21.9. The lowest BCUT2D eigenvalue weighted by molar-refractivity contribution is -0.115. The van der Waals surface area contributed by atoms with Gasteiger partial charge in [0, 0.05) is 34.3 Å². The number of amides is 1. The summed E-state index contributed by atoms with van der Waals surface area (Å²) in [5.41, 5.74) is 2.82. The van der Waals surface area contributed by atoms with Crippen molar-refractivity contribution in [1.82, 2.24) is 19.7 Å². The predicted octanol–water partition coefficient (Wildman–Crippen LogP) is 5.67. The molecular formula is C24H21N5OS2. The first-order valence-corrected chi connectivity index (χ1v) is 12.2. The number of hydrogen-bond donors (Lipinski definition) is 0. The second-order valence-electron chi connectivity index (χ2n) is 7.25. The fourth-order valence-electron chi connectivity index (χ4n) is 3.70. The third-order valence-electron chi connectivity index (χ3n) is 5.11. The van der Waals surface area contributed by atoms with Crippen LogP contribution in [0.5, 0.6) is 0 Å². The summed E-state index contributed by atoms with van der Waals surface area (Å²) in [6, 6.07) is 19.9. The van der Waals surface area contributed by atoms with E-state index in [0.717, 1.165) is 50.7 Å². The van der Waals surface area contributed by atoms with E-state index in [1.807, 2.05) is 53.4 Å². The fourth-order valence-corrected chi connectivity index (χ4v) is 5.57. The average Bonchev–Trinajstić information content (AvgIpc) is 3.24. The minimum absolute atomic E-state index is 0.0201. The van der Waals surface area contributed by atoms with Gasteiger partial charge in [-0.05, 0) is 42.8 Å². The van der Waals surface area contributed by atoms with Crippen LogP contribution < -0.4 is 4.90 Å². The number of hydrogen-bond acceptors (Lipinski definition) is 6. The molecule has 2 aromatic carbocycles. The van der Waals surface area contributed by atoms with Crippen molar-refractivity contribution < 1.29 is 4.79 Å². The molecule has 5 rings (SSSR count). The maximum absolute atomic E-state index is 13.5. The van der Waals surface area contributed by atoms with E-state index >= 15 is 0 Å². The van der Waals surface area contributed by atoms with Crippen LogP contribution in [0.4, 0.5) is 11.4 Å². The van der Waals surface area contributed by atoms with Gasteiger partial charge in [0.25, 0.3) is 0 Å². The van der Waals surface area contributed by atoms with Crippen LogP contribution in [0.1, 0.15) is 13.3 Å². The zero-order valence-corrected chi connectivity index (χ0v) is 19.1. The summed E-state index contributed by atoms with van der Waals surface area (Å²) in [5.74, 6) is 1.09. The molecule has 6 nitrogen and oxygen atoms in total. The molecule has 2 aromatic heterocycles. The van der Waals surface area contributed by atoms with E-state index in [1.165, 1.54) is 11.8 Å². The fraction of sp³-hybridized carbons (Fsp3) is 0.167. The minimum atomic E-state index is 0.0201. The smallest absolute Gasteiger partial charge is 0.242 e. The summed E-state index contributed by atoms with van der Waals surface area (Å²) in [6.45, 7) is 2.91. The van der Waals surface area contributed by atoms with Gasteiger partial charge in [-0.2, -0.15) is 0 Å². The van der Waals surface area contributed by atoms with E-state index in [-0.39, 0.29) is 11.7 Å². The topological polar surface area (TPSA) is 63.9 Å². The summed E-state index contributed by atoms with van der Waals surface area (Å²) in [7, 11) is 0. The standard InChI is InChI=1S/C24H21N5OS2/c1-2-15-28-23(17-11-13-25-14-12-17)26-27-24(28)31-16-22(30)29-18-7-3-5-9-20(18)32-21-10-6-4-8-19(21)29/h3-14H,2,15-16H2,1H3. The molecule has 0 unspecified atom stereocenters. The van der Waals surface area contributed by atoms with Crippen LogP contribution >= 0.6 is 23.5 Å². The number of anilines is 2. The molecule has 0 fully saturated rings. The van der Waals surface area contributed by atoms with Crippen molar-refractivity contribution in [2.45, 2.75) is 34.8 Å². The number of rotatable bonds is 6. The molecule has 0 spiro atoms. The number of thioether (sulfide) groups is 1. The number of para-hydroxylation sites is 2. The molecule has 0 aliphatic carbocycles. The number of carbonyl (C=O) groups is 1. The SMILES string of the molecule is CCCn1c(SCC(=O)N2c3ccccc3Sc3ccccc32)nnc1-c1ccncc1. The van der Waals surface area contributed by atoms with Crippen molar-refractivity contribution in [1.29, 1.82) is 0 Å². The van der Waals surface area contributed by atoms with Crippen LogP contribution in [-0.4, -0.2) is 31.4 Å². The maximum Gasteiger partial charge on any atom is 0.242 e. The van der Waals surface area contributed by atoms with Gasteiger partial charge in [-0.15, -0.1) is 10.2 Å². The number of carbonyl (C=O) groups excluding carboxylic acids is 1. The number of aromatic nitrogens is 4. The first kappa shape index (κ1) is 20.8. The van der Waals surface area contributed by atoms with Crippen LogP contribution in [-0.2, 0) is 11.3 Å². The van der Waals surface area contributed by atoms with Gasteiger partial charge in [0.1, 0.15) is 0 Å². The lowest BCUT2D eigenvalue weighted by Crippen LogP contribution is -2.30. The minimum Gasteiger partial charge on any atom is -0.302 e. The highest BCUT2D eigenvalue weighted by atomic mass is 32.2. The van der Waals surface area contributed by atoms with E-state index < -0.39 is 0 Å². The van der Waals surface area contributed by atoms with Gasteiger partial charge >= 0.3 is 0 Å². The Labute approximate surface area is 195 Å². The molecule has 0 saturated heterocycles. The molecule has 0 bridgehead atoms. The molecule has 3 heterocycles. The van der Waals surface area contributed by atoms with Gasteiger partial charge in [-0.25, -0.2) is 0 Å². The largest absolute Gasteiger partial charge is 0.302 e. The van der Waals surface area contributed by atoms with Crippen LogP contribution in [0.15, 0.2) is 88.0 Å². The van der Waals surface area contributed by atoms with Crippen LogP contribution in [0.25, 0.3) is 11.4 Å². The number of fused-ring (bicyclic) bond motifs is 2. The lowest BCUT2D eigenvalue weighted by Gasteiger charge is -2.30. The lowest BCUT2D eigenvalue weighted by atomic mass is 10.2. The van der Waals surface area contributed by atoms with Gasteiger partial charge in [0.2, 0.25) is 5.91 Å². The molecule has 0 N–H and O–H groups in total. The summed E-state index contributed by atoms with van der Waals surface area (Å²) in [4.78, 5) is 21.6. The third-order valence-corrected chi connectivity index (χ3v) is 7.19.